The smallest absolute Gasteiger partial charge is 0.225 e. The maximum atomic E-state index is 12.5. The minimum Gasteiger partial charge on any atom is -0.389 e. The van der Waals surface area contributed by atoms with Crippen LogP contribution in [0.25, 0.3) is 0 Å². The van der Waals surface area contributed by atoms with E-state index in [1.165, 1.54) is 6.42 Å². The molecule has 0 radical (unpaired) electrons. The molecule has 0 aromatic carbocycles. The summed E-state index contributed by atoms with van der Waals surface area (Å²) < 4.78 is 11.8. The zero-order valence-corrected chi connectivity index (χ0v) is 15.8. The van der Waals surface area contributed by atoms with Gasteiger partial charge in [0, 0.05) is 26.1 Å². The number of hydrogen-bond donors (Lipinski definition) is 1. The Kier molecular flexibility index (Phi) is 6.89. The number of ether oxygens (including phenoxy) is 2. The lowest BCUT2D eigenvalue weighted by Gasteiger charge is -2.44. The zero-order chi connectivity index (χ0) is 18.5. The highest BCUT2D eigenvalue weighted by Crippen LogP contribution is 2.28. The molecule has 0 bridgehead atoms. The summed E-state index contributed by atoms with van der Waals surface area (Å²) in [5.74, 6) is 0.212. The van der Waals surface area contributed by atoms with Crippen molar-refractivity contribution in [1.82, 2.24) is 9.80 Å². The fraction of sp³-hybridized carbons (Fsp3) is 0.895. The average molecular weight is 368 g/mol. The third kappa shape index (κ3) is 4.75. The first-order chi connectivity index (χ1) is 12.6. The minimum absolute atomic E-state index is 0.0346. The quantitative estimate of drug-likeness (QED) is 0.802. The van der Waals surface area contributed by atoms with Crippen molar-refractivity contribution in [3.63, 3.8) is 0 Å². The molecule has 0 saturated carbocycles. The van der Waals surface area contributed by atoms with Crippen molar-refractivity contribution in [2.45, 2.75) is 76.2 Å². The molecule has 3 heterocycles. The molecule has 2 amide bonds. The van der Waals surface area contributed by atoms with E-state index in [2.05, 4.69) is 0 Å². The summed E-state index contributed by atoms with van der Waals surface area (Å²) in [5, 5.41) is 10.0. The summed E-state index contributed by atoms with van der Waals surface area (Å²) in [4.78, 5) is 28.6. The monoisotopic (exact) mass is 368 g/mol. The van der Waals surface area contributed by atoms with Crippen LogP contribution < -0.4 is 0 Å². The first kappa shape index (κ1) is 19.6. The molecule has 26 heavy (non-hydrogen) atoms. The van der Waals surface area contributed by atoms with Crippen LogP contribution >= 0.6 is 0 Å². The molecule has 3 aliphatic rings. The number of carbonyl (C=O) groups excluding carboxylic acids is 2. The van der Waals surface area contributed by atoms with E-state index in [4.69, 9.17) is 9.47 Å². The number of nitrogens with zero attached hydrogens (tertiary/aromatic N) is 2. The summed E-state index contributed by atoms with van der Waals surface area (Å²) in [6.45, 7) is 4.40. The summed E-state index contributed by atoms with van der Waals surface area (Å²) >= 11 is 0. The van der Waals surface area contributed by atoms with Gasteiger partial charge in [0.05, 0.1) is 37.9 Å². The molecule has 0 aromatic rings. The summed E-state index contributed by atoms with van der Waals surface area (Å²) in [5.41, 5.74) is 0. The number of fused-ring (bicyclic) bond motifs is 1. The largest absolute Gasteiger partial charge is 0.389 e. The van der Waals surface area contributed by atoms with Crippen LogP contribution in [0.4, 0.5) is 0 Å². The van der Waals surface area contributed by atoms with Crippen molar-refractivity contribution in [2.24, 2.45) is 0 Å². The lowest BCUT2D eigenvalue weighted by atomic mass is 9.94. The summed E-state index contributed by atoms with van der Waals surface area (Å²) in [6, 6.07) is -0.0845. The van der Waals surface area contributed by atoms with Gasteiger partial charge in [-0.25, -0.2) is 0 Å². The molecule has 3 saturated heterocycles. The van der Waals surface area contributed by atoms with Crippen molar-refractivity contribution in [1.29, 1.82) is 0 Å². The van der Waals surface area contributed by atoms with Crippen LogP contribution in [-0.4, -0.2) is 83.9 Å². The normalized spacial score (nSPS) is 33.2. The zero-order valence-electron chi connectivity index (χ0n) is 15.8. The van der Waals surface area contributed by atoms with Crippen LogP contribution in [-0.2, 0) is 19.1 Å². The Morgan fingerprint density at radius 3 is 2.58 bits per heavy atom. The van der Waals surface area contributed by atoms with Crippen LogP contribution in [0.15, 0.2) is 0 Å². The van der Waals surface area contributed by atoms with Crippen LogP contribution in [0.3, 0.4) is 0 Å². The highest BCUT2D eigenvalue weighted by atomic mass is 16.5. The molecular weight excluding hydrogens is 336 g/mol. The van der Waals surface area contributed by atoms with E-state index < -0.39 is 6.10 Å². The molecule has 1 N–H and O–H groups in total. The van der Waals surface area contributed by atoms with E-state index >= 15 is 0 Å². The van der Waals surface area contributed by atoms with Crippen LogP contribution in [0.5, 0.6) is 0 Å². The number of hydrogen-bond acceptors (Lipinski definition) is 5. The van der Waals surface area contributed by atoms with Crippen molar-refractivity contribution >= 4 is 11.8 Å². The fourth-order valence-corrected chi connectivity index (χ4v) is 4.30. The maximum absolute atomic E-state index is 12.5. The molecule has 4 atom stereocenters. The Labute approximate surface area is 155 Å². The summed E-state index contributed by atoms with van der Waals surface area (Å²) in [6.07, 6.45) is 4.74. The Morgan fingerprint density at radius 2 is 1.85 bits per heavy atom. The van der Waals surface area contributed by atoms with Crippen molar-refractivity contribution in [2.75, 3.05) is 32.8 Å². The number of aliphatic hydroxyl groups is 1. The Morgan fingerprint density at radius 1 is 1.08 bits per heavy atom. The Bertz CT molecular complexity index is 494. The van der Waals surface area contributed by atoms with Crippen LogP contribution in [0, 0.1) is 0 Å². The predicted molar refractivity (Wildman–Crippen MR) is 95.6 cm³/mol. The van der Waals surface area contributed by atoms with Crippen molar-refractivity contribution < 1.29 is 24.2 Å². The lowest BCUT2D eigenvalue weighted by molar-refractivity contribution is -0.170. The van der Waals surface area contributed by atoms with Crippen LogP contribution in [0.1, 0.15) is 51.9 Å². The molecule has 7 heteroatoms. The average Bonchev–Trinajstić information content (AvgIpc) is 2.65. The predicted octanol–water partition coefficient (Wildman–Crippen LogP) is 0.935. The third-order valence-corrected chi connectivity index (χ3v) is 5.71. The van der Waals surface area contributed by atoms with Gasteiger partial charge in [-0.15, -0.1) is 0 Å². The number of rotatable bonds is 3. The second-order valence-electron chi connectivity index (χ2n) is 7.68. The number of likely N-dealkylation sites (tertiary alicyclic amines) is 1. The molecule has 0 spiro atoms. The summed E-state index contributed by atoms with van der Waals surface area (Å²) in [7, 11) is 0. The first-order valence-electron chi connectivity index (χ1n) is 10.1. The van der Waals surface area contributed by atoms with E-state index in [0.29, 0.717) is 19.4 Å². The molecule has 148 valence electrons. The third-order valence-electron chi connectivity index (χ3n) is 5.71. The maximum Gasteiger partial charge on any atom is 0.225 e. The van der Waals surface area contributed by atoms with Gasteiger partial charge in [0.1, 0.15) is 6.10 Å². The van der Waals surface area contributed by atoms with E-state index in [0.717, 1.165) is 38.8 Å². The van der Waals surface area contributed by atoms with E-state index in [-0.39, 0.29) is 43.2 Å². The molecular formula is C19H32N2O5. The van der Waals surface area contributed by atoms with Gasteiger partial charge in [-0.3, -0.25) is 9.59 Å². The molecule has 0 aromatic heterocycles. The van der Waals surface area contributed by atoms with Gasteiger partial charge in [-0.2, -0.15) is 0 Å². The van der Waals surface area contributed by atoms with Crippen molar-refractivity contribution in [3.8, 4) is 0 Å². The van der Waals surface area contributed by atoms with Gasteiger partial charge >= 0.3 is 0 Å². The van der Waals surface area contributed by atoms with Crippen LogP contribution in [0.2, 0.25) is 0 Å². The van der Waals surface area contributed by atoms with Gasteiger partial charge in [-0.05, 0) is 32.1 Å². The van der Waals surface area contributed by atoms with Gasteiger partial charge < -0.3 is 24.4 Å². The standard InChI is InChI=1S/C19H32N2O5/c1-2-18(23)21-11-14(22)12-25-13-17-16(21)7-6-15(26-17)10-19(24)20-8-4-3-5-9-20/h14-17,22H,2-13H2,1H3/t14-,15+,16+,17-/m0/s1. The molecule has 3 fully saturated rings. The number of carbonyl (C=O) groups is 2. The molecule has 0 unspecified atom stereocenters. The van der Waals surface area contributed by atoms with E-state index in [9.17, 15) is 14.7 Å². The molecule has 7 nitrogen and oxygen atoms in total. The number of β-amino-alcohol motifs (C(OH)–C–C–N with tert-alkyl or cyclic N) is 1. The highest BCUT2D eigenvalue weighted by molar-refractivity contribution is 5.77. The second kappa shape index (κ2) is 9.15. The van der Waals surface area contributed by atoms with Gasteiger partial charge in [-0.1, -0.05) is 6.92 Å². The fourth-order valence-electron chi connectivity index (χ4n) is 4.30. The number of aliphatic hydroxyl groups excluding tert-OH is 1. The molecule has 3 rings (SSSR count). The molecule has 3 aliphatic heterocycles. The van der Waals surface area contributed by atoms with Crippen molar-refractivity contribution in [3.05, 3.63) is 0 Å². The van der Waals surface area contributed by atoms with E-state index in [1.54, 1.807) is 4.90 Å². The van der Waals surface area contributed by atoms with Gasteiger partial charge in [0.25, 0.3) is 0 Å². The number of amides is 2. The van der Waals surface area contributed by atoms with Gasteiger partial charge in [0.2, 0.25) is 11.8 Å². The minimum atomic E-state index is -0.662. The Balaban J connectivity index is 1.60. The molecule has 0 aliphatic carbocycles. The Hall–Kier alpha value is -1.18. The lowest BCUT2D eigenvalue weighted by Crippen LogP contribution is -2.57. The van der Waals surface area contributed by atoms with E-state index in [1.807, 2.05) is 11.8 Å². The topological polar surface area (TPSA) is 79.3 Å². The SMILES string of the molecule is CCC(=O)N1C[C@H](O)COC[C@@H]2O[C@@H](CC(=O)N3CCCCC3)CC[C@H]21. The first-order valence-corrected chi connectivity index (χ1v) is 10.1. The van der Waals surface area contributed by atoms with Gasteiger partial charge in [0.15, 0.2) is 0 Å². The number of piperidine rings is 1. The second-order valence-corrected chi connectivity index (χ2v) is 7.68. The highest BCUT2D eigenvalue weighted by Gasteiger charge is 2.39.